The van der Waals surface area contributed by atoms with Crippen molar-refractivity contribution >= 4 is 23.2 Å². The van der Waals surface area contributed by atoms with Crippen LogP contribution in [0.2, 0.25) is 0 Å². The number of anilines is 2. The van der Waals surface area contributed by atoms with Crippen molar-refractivity contribution in [2.75, 3.05) is 32.0 Å². The molecule has 2 aromatic rings. The van der Waals surface area contributed by atoms with Crippen LogP contribution in [0.15, 0.2) is 30.3 Å². The third-order valence-electron chi connectivity index (χ3n) is 3.97. The molecule has 0 radical (unpaired) electrons. The normalized spacial score (nSPS) is 10.2. The Labute approximate surface area is 162 Å². The highest BCUT2D eigenvalue weighted by molar-refractivity contribution is 5.93. The number of aryl methyl sites for hydroxylation is 1. The van der Waals surface area contributed by atoms with E-state index in [-0.39, 0.29) is 18.0 Å². The molecule has 2 amide bonds. The number of ether oxygens (including phenoxy) is 3. The SMILES string of the molecule is COc1ccc(CCC(=O)Nc2ccc(F)c(NC(C)=O)c2)c(OC)c1OC. The molecule has 0 aliphatic heterocycles. The van der Waals surface area contributed by atoms with Gasteiger partial charge in [0.1, 0.15) is 5.82 Å². The van der Waals surface area contributed by atoms with Crippen LogP contribution in [0.1, 0.15) is 18.9 Å². The molecule has 0 saturated heterocycles. The molecule has 0 fully saturated rings. The highest BCUT2D eigenvalue weighted by Crippen LogP contribution is 2.40. The highest BCUT2D eigenvalue weighted by atomic mass is 19.1. The summed E-state index contributed by atoms with van der Waals surface area (Å²) in [6, 6.07) is 7.52. The Kier molecular flexibility index (Phi) is 7.20. The zero-order valence-electron chi connectivity index (χ0n) is 16.2. The Morgan fingerprint density at radius 2 is 1.68 bits per heavy atom. The number of carbonyl (C=O) groups excluding carboxylic acids is 2. The molecular weight excluding hydrogens is 367 g/mol. The van der Waals surface area contributed by atoms with Crippen LogP contribution < -0.4 is 24.8 Å². The highest BCUT2D eigenvalue weighted by Gasteiger charge is 2.16. The van der Waals surface area contributed by atoms with Crippen molar-refractivity contribution in [3.05, 3.63) is 41.7 Å². The van der Waals surface area contributed by atoms with E-state index in [1.165, 1.54) is 46.5 Å². The maximum absolute atomic E-state index is 13.7. The minimum absolute atomic E-state index is 0.00635. The fraction of sp³-hybridized carbons (Fsp3) is 0.300. The Morgan fingerprint density at radius 3 is 2.29 bits per heavy atom. The molecule has 7 nitrogen and oxygen atoms in total. The van der Waals surface area contributed by atoms with Gasteiger partial charge < -0.3 is 24.8 Å². The van der Waals surface area contributed by atoms with Gasteiger partial charge in [-0.1, -0.05) is 6.07 Å². The molecule has 8 heteroatoms. The van der Waals surface area contributed by atoms with Gasteiger partial charge >= 0.3 is 0 Å². The van der Waals surface area contributed by atoms with Gasteiger partial charge in [-0.2, -0.15) is 0 Å². The molecule has 0 aliphatic rings. The molecule has 0 aromatic heterocycles. The molecule has 2 N–H and O–H groups in total. The predicted molar refractivity (Wildman–Crippen MR) is 104 cm³/mol. The second-order valence-corrected chi connectivity index (χ2v) is 5.92. The molecule has 0 unspecified atom stereocenters. The maximum atomic E-state index is 13.7. The smallest absolute Gasteiger partial charge is 0.224 e. The fourth-order valence-electron chi connectivity index (χ4n) is 2.72. The summed E-state index contributed by atoms with van der Waals surface area (Å²) in [5.41, 5.74) is 1.18. The lowest BCUT2D eigenvalue weighted by molar-refractivity contribution is -0.116. The summed E-state index contributed by atoms with van der Waals surface area (Å²) < 4.78 is 29.7. The quantitative estimate of drug-likeness (QED) is 0.722. The van der Waals surface area contributed by atoms with Crippen molar-refractivity contribution in [2.24, 2.45) is 0 Å². The van der Waals surface area contributed by atoms with Gasteiger partial charge in [-0.05, 0) is 36.2 Å². The van der Waals surface area contributed by atoms with Crippen LogP contribution in [0, 0.1) is 5.82 Å². The van der Waals surface area contributed by atoms with Crippen LogP contribution >= 0.6 is 0 Å². The standard InChI is InChI=1S/C20H23FN2O5/c1-12(24)22-16-11-14(7-8-15(16)21)23-18(25)10-6-13-5-9-17(26-2)20(28-4)19(13)27-3/h5,7-9,11H,6,10H2,1-4H3,(H,22,24)(H,23,25). The van der Waals surface area contributed by atoms with E-state index in [0.29, 0.717) is 29.4 Å². The third-order valence-corrected chi connectivity index (χ3v) is 3.97. The first-order chi connectivity index (χ1) is 13.4. The monoisotopic (exact) mass is 390 g/mol. The molecule has 0 atom stereocenters. The zero-order valence-corrected chi connectivity index (χ0v) is 16.2. The minimum Gasteiger partial charge on any atom is -0.493 e. The van der Waals surface area contributed by atoms with Crippen molar-refractivity contribution in [3.8, 4) is 17.2 Å². The van der Waals surface area contributed by atoms with E-state index in [1.807, 2.05) is 0 Å². The van der Waals surface area contributed by atoms with Crippen LogP contribution in [-0.4, -0.2) is 33.1 Å². The summed E-state index contributed by atoms with van der Waals surface area (Å²) >= 11 is 0. The number of halogens is 1. The van der Waals surface area contributed by atoms with E-state index >= 15 is 0 Å². The minimum atomic E-state index is -0.580. The third kappa shape index (κ3) is 5.12. The summed E-state index contributed by atoms with van der Waals surface area (Å²) in [6.45, 7) is 1.28. The van der Waals surface area contributed by atoms with Crippen LogP contribution in [0.4, 0.5) is 15.8 Å². The molecule has 0 heterocycles. The number of nitrogens with one attached hydrogen (secondary N) is 2. The van der Waals surface area contributed by atoms with Gasteiger partial charge in [0.2, 0.25) is 17.6 Å². The first-order valence-corrected chi connectivity index (χ1v) is 8.54. The van der Waals surface area contributed by atoms with Crippen LogP contribution in [0.3, 0.4) is 0 Å². The van der Waals surface area contributed by atoms with Gasteiger partial charge in [-0.25, -0.2) is 4.39 Å². The number of benzene rings is 2. The second kappa shape index (κ2) is 9.59. The summed E-state index contributed by atoms with van der Waals surface area (Å²) in [5, 5.41) is 5.06. The van der Waals surface area contributed by atoms with Gasteiger partial charge in [-0.3, -0.25) is 9.59 Å². The van der Waals surface area contributed by atoms with Gasteiger partial charge in [-0.15, -0.1) is 0 Å². The van der Waals surface area contributed by atoms with Crippen molar-refractivity contribution in [1.82, 2.24) is 0 Å². The van der Waals surface area contributed by atoms with Gasteiger partial charge in [0, 0.05) is 19.0 Å². The number of hydrogen-bond donors (Lipinski definition) is 2. The van der Waals surface area contributed by atoms with Crippen molar-refractivity contribution in [2.45, 2.75) is 19.8 Å². The molecule has 2 rings (SSSR count). The van der Waals surface area contributed by atoms with Gasteiger partial charge in [0.05, 0.1) is 27.0 Å². The Bertz CT molecular complexity index is 870. The van der Waals surface area contributed by atoms with Crippen molar-refractivity contribution in [1.29, 1.82) is 0 Å². The van der Waals surface area contributed by atoms with Crippen molar-refractivity contribution < 1.29 is 28.2 Å². The van der Waals surface area contributed by atoms with Crippen molar-refractivity contribution in [3.63, 3.8) is 0 Å². The van der Waals surface area contributed by atoms with E-state index < -0.39 is 11.7 Å². The van der Waals surface area contributed by atoms with Crippen LogP contribution in [-0.2, 0) is 16.0 Å². The summed E-state index contributed by atoms with van der Waals surface area (Å²) in [4.78, 5) is 23.4. The fourth-order valence-corrected chi connectivity index (χ4v) is 2.72. The summed E-state index contributed by atoms with van der Waals surface area (Å²) in [5.74, 6) is 0.249. The predicted octanol–water partition coefficient (Wildman–Crippen LogP) is 3.38. The lowest BCUT2D eigenvalue weighted by Crippen LogP contribution is -2.14. The van der Waals surface area contributed by atoms with Gasteiger partial charge in [0.15, 0.2) is 11.5 Å². The molecule has 0 bridgehead atoms. The van der Waals surface area contributed by atoms with E-state index in [2.05, 4.69) is 10.6 Å². The molecule has 0 aliphatic carbocycles. The Balaban J connectivity index is 2.08. The molecule has 0 saturated carbocycles. The second-order valence-electron chi connectivity index (χ2n) is 5.92. The first-order valence-electron chi connectivity index (χ1n) is 8.54. The lowest BCUT2D eigenvalue weighted by atomic mass is 10.1. The zero-order chi connectivity index (χ0) is 20.7. The summed E-state index contributed by atoms with van der Waals surface area (Å²) in [7, 11) is 4.56. The first kappa shape index (κ1) is 21.0. The van der Waals surface area contributed by atoms with Crippen LogP contribution in [0.25, 0.3) is 0 Å². The number of amides is 2. The molecular formula is C20H23FN2O5. The largest absolute Gasteiger partial charge is 0.493 e. The number of methoxy groups -OCH3 is 3. The molecule has 0 spiro atoms. The van der Waals surface area contributed by atoms with Gasteiger partial charge in [0.25, 0.3) is 0 Å². The topological polar surface area (TPSA) is 85.9 Å². The van der Waals surface area contributed by atoms with E-state index in [1.54, 1.807) is 12.1 Å². The number of carbonyl (C=O) groups is 2. The molecule has 2 aromatic carbocycles. The van der Waals surface area contributed by atoms with Crippen LogP contribution in [0.5, 0.6) is 17.2 Å². The van der Waals surface area contributed by atoms with E-state index in [0.717, 1.165) is 5.56 Å². The summed E-state index contributed by atoms with van der Waals surface area (Å²) in [6.07, 6.45) is 0.563. The molecule has 150 valence electrons. The lowest BCUT2D eigenvalue weighted by Gasteiger charge is -2.15. The van der Waals surface area contributed by atoms with E-state index in [9.17, 15) is 14.0 Å². The average Bonchev–Trinajstić information content (AvgIpc) is 2.67. The number of rotatable bonds is 8. The van der Waals surface area contributed by atoms with E-state index in [4.69, 9.17) is 14.2 Å². The molecule has 28 heavy (non-hydrogen) atoms. The number of hydrogen-bond acceptors (Lipinski definition) is 5. The Morgan fingerprint density at radius 1 is 0.964 bits per heavy atom. The Hall–Kier alpha value is -3.29. The average molecular weight is 390 g/mol. The maximum Gasteiger partial charge on any atom is 0.224 e.